The summed E-state index contributed by atoms with van der Waals surface area (Å²) >= 11 is 0. The molecular weight excluding hydrogens is 178 g/mol. The van der Waals surface area contributed by atoms with Crippen LogP contribution in [0.15, 0.2) is 22.5 Å². The fourth-order valence-corrected chi connectivity index (χ4v) is 0.630. The Kier molecular flexibility index (Phi) is 4.67. The average molecular weight is 195 g/mol. The van der Waals surface area contributed by atoms with Gasteiger partial charge in [0, 0.05) is 11.6 Å². The van der Waals surface area contributed by atoms with Crippen molar-refractivity contribution in [2.45, 2.75) is 27.7 Å². The van der Waals surface area contributed by atoms with Crippen molar-refractivity contribution in [3.8, 4) is 0 Å². The number of urea groups is 1. The molecule has 0 aliphatic heterocycles. The summed E-state index contributed by atoms with van der Waals surface area (Å²) in [5.41, 5.74) is 10.9. The standard InChI is InChI=1S/C10H17N3O/c1-8(2)5-6-10(3,4)7-12-13-9(11)14/h6-7H,1-4H3,(H3,11,13,14)/b12-7+. The van der Waals surface area contributed by atoms with Gasteiger partial charge in [0.05, 0.1) is 0 Å². The summed E-state index contributed by atoms with van der Waals surface area (Å²) in [6, 6.07) is -0.664. The van der Waals surface area contributed by atoms with Crippen LogP contribution in [0.25, 0.3) is 0 Å². The monoisotopic (exact) mass is 195 g/mol. The number of hydrogen-bond donors (Lipinski definition) is 2. The zero-order valence-electron chi connectivity index (χ0n) is 9.09. The normalized spacial score (nSPS) is 10.9. The molecule has 0 saturated carbocycles. The summed E-state index contributed by atoms with van der Waals surface area (Å²) in [4.78, 5) is 10.3. The zero-order chi connectivity index (χ0) is 11.2. The van der Waals surface area contributed by atoms with Crippen LogP contribution < -0.4 is 11.2 Å². The minimum Gasteiger partial charge on any atom is -0.350 e. The number of nitrogens with two attached hydrogens (primary N) is 1. The van der Waals surface area contributed by atoms with Crippen LogP contribution in [0.3, 0.4) is 0 Å². The molecule has 0 fully saturated rings. The summed E-state index contributed by atoms with van der Waals surface area (Å²) in [6.07, 6.45) is 3.49. The first kappa shape index (κ1) is 12.5. The highest BCUT2D eigenvalue weighted by Crippen LogP contribution is 2.12. The SMILES string of the molecule is CC(C)=C=CC(C)(C)/C=N/NC(N)=O. The molecule has 0 spiro atoms. The maximum absolute atomic E-state index is 10.3. The lowest BCUT2D eigenvalue weighted by Gasteiger charge is -2.11. The molecule has 0 aromatic rings. The first-order chi connectivity index (χ1) is 6.33. The van der Waals surface area contributed by atoms with Crippen molar-refractivity contribution in [3.05, 3.63) is 17.4 Å². The van der Waals surface area contributed by atoms with Gasteiger partial charge in [0.25, 0.3) is 0 Å². The Bertz CT molecular complexity index is 292. The van der Waals surface area contributed by atoms with Crippen molar-refractivity contribution in [1.29, 1.82) is 0 Å². The number of hydrazone groups is 1. The molecule has 0 unspecified atom stereocenters. The van der Waals surface area contributed by atoms with Gasteiger partial charge in [-0.15, -0.1) is 5.73 Å². The van der Waals surface area contributed by atoms with Crippen molar-refractivity contribution in [2.75, 3.05) is 0 Å². The number of primary amides is 1. The predicted molar refractivity (Wildman–Crippen MR) is 57.9 cm³/mol. The Labute approximate surface area is 84.6 Å². The van der Waals surface area contributed by atoms with Gasteiger partial charge < -0.3 is 5.73 Å². The van der Waals surface area contributed by atoms with Gasteiger partial charge in [0.2, 0.25) is 0 Å². The van der Waals surface area contributed by atoms with Gasteiger partial charge >= 0.3 is 6.03 Å². The van der Waals surface area contributed by atoms with Crippen molar-refractivity contribution < 1.29 is 4.79 Å². The van der Waals surface area contributed by atoms with Gasteiger partial charge in [0.1, 0.15) is 0 Å². The van der Waals surface area contributed by atoms with Gasteiger partial charge in [-0.2, -0.15) is 5.10 Å². The molecule has 0 saturated heterocycles. The molecule has 4 heteroatoms. The van der Waals surface area contributed by atoms with Crippen LogP contribution in [0, 0.1) is 5.41 Å². The molecule has 0 aromatic carbocycles. The van der Waals surface area contributed by atoms with Crippen molar-refractivity contribution >= 4 is 12.2 Å². The van der Waals surface area contributed by atoms with Crippen LogP contribution in [0.4, 0.5) is 4.79 Å². The van der Waals surface area contributed by atoms with E-state index in [-0.39, 0.29) is 5.41 Å². The molecule has 0 aliphatic rings. The average Bonchev–Trinajstić information content (AvgIpc) is 2.00. The minimum absolute atomic E-state index is 0.250. The highest BCUT2D eigenvalue weighted by atomic mass is 16.2. The van der Waals surface area contributed by atoms with Crippen LogP contribution in [0.1, 0.15) is 27.7 Å². The lowest BCUT2D eigenvalue weighted by molar-refractivity contribution is 0.249. The second kappa shape index (κ2) is 5.25. The van der Waals surface area contributed by atoms with E-state index < -0.39 is 6.03 Å². The maximum Gasteiger partial charge on any atom is 0.332 e. The molecule has 0 rings (SSSR count). The Morgan fingerprint density at radius 2 is 2.07 bits per heavy atom. The summed E-state index contributed by atoms with van der Waals surface area (Å²) in [7, 11) is 0. The number of carbonyl (C=O) groups is 1. The van der Waals surface area contributed by atoms with Crippen molar-refractivity contribution in [2.24, 2.45) is 16.3 Å². The summed E-state index contributed by atoms with van der Waals surface area (Å²) in [6.45, 7) is 7.83. The summed E-state index contributed by atoms with van der Waals surface area (Å²) in [5.74, 6) is 0. The highest BCUT2D eigenvalue weighted by Gasteiger charge is 2.09. The van der Waals surface area contributed by atoms with E-state index in [9.17, 15) is 4.79 Å². The van der Waals surface area contributed by atoms with Gasteiger partial charge in [-0.1, -0.05) is 13.8 Å². The van der Waals surface area contributed by atoms with Crippen LogP contribution in [-0.4, -0.2) is 12.2 Å². The van der Waals surface area contributed by atoms with Gasteiger partial charge in [-0.3, -0.25) is 0 Å². The van der Waals surface area contributed by atoms with E-state index >= 15 is 0 Å². The number of carbonyl (C=O) groups excluding carboxylic acids is 1. The van der Waals surface area contributed by atoms with E-state index in [1.807, 2.05) is 33.8 Å². The van der Waals surface area contributed by atoms with Crippen LogP contribution in [0.2, 0.25) is 0 Å². The lowest BCUT2D eigenvalue weighted by atomic mass is 9.95. The Balaban J connectivity index is 4.42. The second-order valence-corrected chi connectivity index (χ2v) is 3.84. The quantitative estimate of drug-likeness (QED) is 0.402. The molecule has 14 heavy (non-hydrogen) atoms. The molecule has 0 atom stereocenters. The molecule has 0 bridgehead atoms. The molecule has 2 amide bonds. The maximum atomic E-state index is 10.3. The third kappa shape index (κ3) is 7.13. The first-order valence-electron chi connectivity index (χ1n) is 4.34. The highest BCUT2D eigenvalue weighted by molar-refractivity contribution is 5.74. The number of rotatable bonds is 3. The Morgan fingerprint density at radius 3 is 2.50 bits per heavy atom. The van der Waals surface area contributed by atoms with Gasteiger partial charge in [0.15, 0.2) is 0 Å². The van der Waals surface area contributed by atoms with Gasteiger partial charge in [-0.05, 0) is 25.5 Å². The number of hydrogen-bond acceptors (Lipinski definition) is 2. The lowest BCUT2D eigenvalue weighted by Crippen LogP contribution is -2.25. The molecule has 0 radical (unpaired) electrons. The molecule has 78 valence electrons. The second-order valence-electron chi connectivity index (χ2n) is 3.84. The first-order valence-corrected chi connectivity index (χ1v) is 4.34. The van der Waals surface area contributed by atoms with E-state index in [0.29, 0.717) is 0 Å². The fraction of sp³-hybridized carbons (Fsp3) is 0.500. The van der Waals surface area contributed by atoms with Crippen LogP contribution in [0.5, 0.6) is 0 Å². The number of nitrogens with one attached hydrogen (secondary N) is 1. The van der Waals surface area contributed by atoms with E-state index in [1.54, 1.807) is 6.21 Å². The van der Waals surface area contributed by atoms with E-state index in [2.05, 4.69) is 16.3 Å². The Morgan fingerprint density at radius 1 is 1.50 bits per heavy atom. The minimum atomic E-state index is -0.664. The number of nitrogens with zero attached hydrogens (tertiary/aromatic N) is 1. The topological polar surface area (TPSA) is 67.5 Å². The third-order valence-electron chi connectivity index (χ3n) is 1.30. The smallest absolute Gasteiger partial charge is 0.332 e. The van der Waals surface area contributed by atoms with Crippen molar-refractivity contribution in [1.82, 2.24) is 5.43 Å². The molecule has 0 aliphatic carbocycles. The zero-order valence-corrected chi connectivity index (χ0v) is 9.09. The number of allylic oxidation sites excluding steroid dienone is 1. The molecule has 3 N–H and O–H groups in total. The summed E-state index contributed by atoms with van der Waals surface area (Å²) in [5, 5.41) is 3.69. The largest absolute Gasteiger partial charge is 0.350 e. The van der Waals surface area contributed by atoms with Crippen molar-refractivity contribution in [3.63, 3.8) is 0 Å². The molecule has 0 heterocycles. The Hall–Kier alpha value is -1.54. The van der Waals surface area contributed by atoms with Crippen LogP contribution >= 0.6 is 0 Å². The van der Waals surface area contributed by atoms with Gasteiger partial charge in [-0.25, -0.2) is 10.2 Å². The summed E-state index contributed by atoms with van der Waals surface area (Å²) < 4.78 is 0. The third-order valence-corrected chi connectivity index (χ3v) is 1.30. The predicted octanol–water partition coefficient (Wildman–Crippen LogP) is 1.79. The molecule has 0 aromatic heterocycles. The van der Waals surface area contributed by atoms with E-state index in [1.165, 1.54) is 0 Å². The fourth-order valence-electron chi connectivity index (χ4n) is 0.630. The number of amides is 2. The van der Waals surface area contributed by atoms with E-state index in [0.717, 1.165) is 5.57 Å². The van der Waals surface area contributed by atoms with Crippen LogP contribution in [-0.2, 0) is 0 Å². The molecule has 4 nitrogen and oxygen atoms in total. The molecular formula is C10H17N3O. The van der Waals surface area contributed by atoms with E-state index in [4.69, 9.17) is 5.73 Å².